The standard InChI is InChI=1S/C11H9BrN4S2/c1-7-2-3-13-10(14-7)18-6-8-9(12)16-4-5-17-11(16)15-8/h2-5H,6H2,1H3. The van der Waals surface area contributed by atoms with Gasteiger partial charge in [0.1, 0.15) is 4.60 Å². The number of hydrogen-bond acceptors (Lipinski definition) is 5. The van der Waals surface area contributed by atoms with Gasteiger partial charge in [0.2, 0.25) is 0 Å². The lowest BCUT2D eigenvalue weighted by Gasteiger charge is -1.99. The summed E-state index contributed by atoms with van der Waals surface area (Å²) >= 11 is 6.80. The van der Waals surface area contributed by atoms with E-state index < -0.39 is 0 Å². The third-order valence-electron chi connectivity index (χ3n) is 2.38. The van der Waals surface area contributed by atoms with E-state index in [2.05, 4.69) is 30.9 Å². The molecule has 0 atom stereocenters. The average molecular weight is 341 g/mol. The van der Waals surface area contributed by atoms with Gasteiger partial charge in [-0.1, -0.05) is 11.8 Å². The molecule has 3 aromatic heterocycles. The molecule has 3 aromatic rings. The summed E-state index contributed by atoms with van der Waals surface area (Å²) in [5.41, 5.74) is 2.01. The molecular weight excluding hydrogens is 332 g/mol. The van der Waals surface area contributed by atoms with Gasteiger partial charge < -0.3 is 0 Å². The Morgan fingerprint density at radius 3 is 3.11 bits per heavy atom. The molecule has 0 radical (unpaired) electrons. The Balaban J connectivity index is 1.80. The third-order valence-corrected chi connectivity index (χ3v) is 4.85. The van der Waals surface area contributed by atoms with E-state index >= 15 is 0 Å². The summed E-state index contributed by atoms with van der Waals surface area (Å²) in [5, 5.41) is 2.81. The average Bonchev–Trinajstić information content (AvgIpc) is 2.91. The van der Waals surface area contributed by atoms with Crippen molar-refractivity contribution in [3.8, 4) is 0 Å². The van der Waals surface area contributed by atoms with Crippen molar-refractivity contribution in [3.05, 3.63) is 39.8 Å². The first-order valence-corrected chi connectivity index (χ1v) is 7.92. The van der Waals surface area contributed by atoms with E-state index in [1.807, 2.05) is 29.0 Å². The first-order valence-electron chi connectivity index (χ1n) is 5.26. The second kappa shape index (κ2) is 4.99. The van der Waals surface area contributed by atoms with Crippen molar-refractivity contribution in [2.45, 2.75) is 17.8 Å². The van der Waals surface area contributed by atoms with Gasteiger partial charge in [-0.25, -0.2) is 15.0 Å². The lowest BCUT2D eigenvalue weighted by Crippen LogP contribution is -1.90. The van der Waals surface area contributed by atoms with E-state index in [4.69, 9.17) is 0 Å². The van der Waals surface area contributed by atoms with Crippen LogP contribution in [0.2, 0.25) is 0 Å². The zero-order chi connectivity index (χ0) is 12.5. The number of aromatic nitrogens is 4. The zero-order valence-electron chi connectivity index (χ0n) is 9.50. The molecule has 0 aromatic carbocycles. The van der Waals surface area contributed by atoms with E-state index in [0.717, 1.165) is 31.9 Å². The SMILES string of the molecule is Cc1ccnc(SCc2nc3sccn3c2Br)n1. The molecular formula is C11H9BrN4S2. The minimum absolute atomic E-state index is 0.762. The Labute approximate surface area is 121 Å². The summed E-state index contributed by atoms with van der Waals surface area (Å²) in [7, 11) is 0. The lowest BCUT2D eigenvalue weighted by molar-refractivity contribution is 0.931. The highest BCUT2D eigenvalue weighted by Gasteiger charge is 2.11. The minimum Gasteiger partial charge on any atom is -0.284 e. The molecule has 92 valence electrons. The summed E-state index contributed by atoms with van der Waals surface area (Å²) in [6.45, 7) is 1.97. The van der Waals surface area contributed by atoms with Crippen molar-refractivity contribution in [3.63, 3.8) is 0 Å². The Hall–Kier alpha value is -0.920. The maximum atomic E-state index is 4.57. The maximum absolute atomic E-state index is 4.57. The number of fused-ring (bicyclic) bond motifs is 1. The fourth-order valence-corrected chi connectivity index (χ4v) is 3.89. The number of imidazole rings is 1. The van der Waals surface area contributed by atoms with Crippen molar-refractivity contribution in [2.75, 3.05) is 0 Å². The normalized spacial score (nSPS) is 11.2. The molecule has 0 saturated carbocycles. The van der Waals surface area contributed by atoms with E-state index in [1.54, 1.807) is 29.3 Å². The second-order valence-electron chi connectivity index (χ2n) is 3.67. The first kappa shape index (κ1) is 12.1. The van der Waals surface area contributed by atoms with Crippen LogP contribution in [0.5, 0.6) is 0 Å². The number of hydrogen-bond donors (Lipinski definition) is 0. The smallest absolute Gasteiger partial charge is 0.194 e. The molecule has 0 bridgehead atoms. The molecule has 3 rings (SSSR count). The molecule has 0 saturated heterocycles. The van der Waals surface area contributed by atoms with Crippen LogP contribution in [0.3, 0.4) is 0 Å². The van der Waals surface area contributed by atoms with Gasteiger partial charge in [-0.15, -0.1) is 11.3 Å². The van der Waals surface area contributed by atoms with Gasteiger partial charge in [0.15, 0.2) is 10.1 Å². The first-order chi connectivity index (χ1) is 8.74. The number of rotatable bonds is 3. The molecule has 3 heterocycles. The van der Waals surface area contributed by atoms with Crippen LogP contribution in [0, 0.1) is 6.92 Å². The van der Waals surface area contributed by atoms with Gasteiger partial charge >= 0.3 is 0 Å². The van der Waals surface area contributed by atoms with Crippen molar-refractivity contribution in [1.82, 2.24) is 19.4 Å². The van der Waals surface area contributed by atoms with Gasteiger partial charge in [-0.05, 0) is 28.9 Å². The van der Waals surface area contributed by atoms with Gasteiger partial charge in [0.05, 0.1) is 5.69 Å². The van der Waals surface area contributed by atoms with Gasteiger partial charge in [0.25, 0.3) is 0 Å². The van der Waals surface area contributed by atoms with Crippen molar-refractivity contribution < 1.29 is 0 Å². The van der Waals surface area contributed by atoms with Crippen molar-refractivity contribution in [2.24, 2.45) is 0 Å². The zero-order valence-corrected chi connectivity index (χ0v) is 12.7. The second-order valence-corrected chi connectivity index (χ2v) is 6.24. The largest absolute Gasteiger partial charge is 0.284 e. The third kappa shape index (κ3) is 2.30. The van der Waals surface area contributed by atoms with Crippen LogP contribution < -0.4 is 0 Å². The predicted octanol–water partition coefficient (Wildman–Crippen LogP) is 3.55. The number of thiazole rings is 1. The summed E-state index contributed by atoms with van der Waals surface area (Å²) in [5.74, 6) is 0.762. The summed E-state index contributed by atoms with van der Waals surface area (Å²) < 4.78 is 3.05. The minimum atomic E-state index is 0.762. The highest BCUT2D eigenvalue weighted by molar-refractivity contribution is 9.10. The van der Waals surface area contributed by atoms with E-state index in [-0.39, 0.29) is 0 Å². The molecule has 4 nitrogen and oxygen atoms in total. The number of aryl methyl sites for hydroxylation is 1. The Bertz CT molecular complexity index is 691. The molecule has 0 aliphatic rings. The predicted molar refractivity (Wildman–Crippen MR) is 77.1 cm³/mol. The van der Waals surface area contributed by atoms with Crippen LogP contribution in [0.15, 0.2) is 33.6 Å². The molecule has 0 unspecified atom stereocenters. The van der Waals surface area contributed by atoms with E-state index in [0.29, 0.717) is 0 Å². The Kier molecular flexibility index (Phi) is 3.36. The van der Waals surface area contributed by atoms with Crippen molar-refractivity contribution in [1.29, 1.82) is 0 Å². The Morgan fingerprint density at radius 1 is 1.44 bits per heavy atom. The number of halogens is 1. The monoisotopic (exact) mass is 340 g/mol. The van der Waals surface area contributed by atoms with Gasteiger partial charge in [-0.2, -0.15) is 0 Å². The molecule has 0 aliphatic heterocycles. The van der Waals surface area contributed by atoms with Gasteiger partial charge in [-0.3, -0.25) is 4.40 Å². The van der Waals surface area contributed by atoms with Crippen LogP contribution >= 0.6 is 39.0 Å². The van der Waals surface area contributed by atoms with Crippen LogP contribution in [-0.2, 0) is 5.75 Å². The van der Waals surface area contributed by atoms with Crippen LogP contribution in [0.25, 0.3) is 4.96 Å². The van der Waals surface area contributed by atoms with E-state index in [1.165, 1.54) is 0 Å². The molecule has 0 N–H and O–H groups in total. The molecule has 18 heavy (non-hydrogen) atoms. The summed E-state index contributed by atoms with van der Waals surface area (Å²) in [6, 6.07) is 1.90. The fourth-order valence-electron chi connectivity index (χ4n) is 1.52. The highest BCUT2D eigenvalue weighted by atomic mass is 79.9. The Morgan fingerprint density at radius 2 is 2.33 bits per heavy atom. The molecule has 0 amide bonds. The topological polar surface area (TPSA) is 43.1 Å². The van der Waals surface area contributed by atoms with Crippen LogP contribution in [0.1, 0.15) is 11.4 Å². The highest BCUT2D eigenvalue weighted by Crippen LogP contribution is 2.27. The molecule has 0 fully saturated rings. The van der Waals surface area contributed by atoms with E-state index in [9.17, 15) is 0 Å². The maximum Gasteiger partial charge on any atom is 0.194 e. The quantitative estimate of drug-likeness (QED) is 0.540. The molecule has 0 spiro atoms. The van der Waals surface area contributed by atoms with Gasteiger partial charge in [0, 0.05) is 29.2 Å². The van der Waals surface area contributed by atoms with Crippen LogP contribution in [0.4, 0.5) is 0 Å². The fraction of sp³-hybridized carbons (Fsp3) is 0.182. The number of nitrogens with zero attached hydrogens (tertiary/aromatic N) is 4. The van der Waals surface area contributed by atoms with Crippen molar-refractivity contribution >= 4 is 44.0 Å². The molecule has 7 heteroatoms. The number of thioether (sulfide) groups is 1. The van der Waals surface area contributed by atoms with Crippen LogP contribution in [-0.4, -0.2) is 19.4 Å². The summed E-state index contributed by atoms with van der Waals surface area (Å²) in [4.78, 5) is 14.2. The molecule has 0 aliphatic carbocycles. The lowest BCUT2D eigenvalue weighted by atomic mass is 10.5. The summed E-state index contributed by atoms with van der Waals surface area (Å²) in [6.07, 6.45) is 3.79.